The number of fused-ring (bicyclic) bond motifs is 1. The minimum atomic E-state index is -0.00537. The highest BCUT2D eigenvalue weighted by Gasteiger charge is 2.17. The zero-order chi connectivity index (χ0) is 13.7. The lowest BCUT2D eigenvalue weighted by atomic mass is 9.99. The molecule has 0 spiro atoms. The van der Waals surface area contributed by atoms with Crippen molar-refractivity contribution >= 4 is 11.6 Å². The first-order valence-corrected chi connectivity index (χ1v) is 6.85. The third-order valence-electron chi connectivity index (χ3n) is 3.38. The summed E-state index contributed by atoms with van der Waals surface area (Å²) >= 11 is 0. The van der Waals surface area contributed by atoms with Crippen LogP contribution >= 0.6 is 0 Å². The molecule has 4 heteroatoms. The monoisotopic (exact) mass is 262 g/mol. The van der Waals surface area contributed by atoms with Crippen LogP contribution in [-0.2, 0) is 11.2 Å². The summed E-state index contributed by atoms with van der Waals surface area (Å²) in [4.78, 5) is 12.2. The normalized spacial score (nSPS) is 15.3. The van der Waals surface area contributed by atoms with E-state index in [1.165, 1.54) is 5.56 Å². The molecule has 0 fully saturated rings. The topological polar surface area (TPSA) is 50.4 Å². The van der Waals surface area contributed by atoms with Gasteiger partial charge in [0.15, 0.2) is 0 Å². The van der Waals surface area contributed by atoms with Crippen LogP contribution in [0.2, 0.25) is 0 Å². The minimum absolute atomic E-state index is 0.00537. The number of para-hydroxylation sites is 1. The third-order valence-corrected chi connectivity index (χ3v) is 3.38. The zero-order valence-corrected chi connectivity index (χ0v) is 11.7. The van der Waals surface area contributed by atoms with Crippen molar-refractivity contribution in [2.75, 3.05) is 32.1 Å². The maximum Gasteiger partial charge on any atom is 0.253 e. The molecule has 2 N–H and O–H groups in total. The van der Waals surface area contributed by atoms with Gasteiger partial charge in [0, 0.05) is 20.2 Å². The molecule has 104 valence electrons. The minimum Gasteiger partial charge on any atom is -0.384 e. The molecular weight excluding hydrogens is 240 g/mol. The number of amides is 1. The van der Waals surface area contributed by atoms with Crippen LogP contribution in [0.4, 0.5) is 5.69 Å². The maximum atomic E-state index is 12.2. The Morgan fingerprint density at radius 3 is 3.16 bits per heavy atom. The number of carbonyl (C=O) groups is 1. The van der Waals surface area contributed by atoms with Crippen LogP contribution in [0, 0.1) is 5.92 Å². The van der Waals surface area contributed by atoms with Gasteiger partial charge < -0.3 is 15.4 Å². The lowest BCUT2D eigenvalue weighted by molar-refractivity contribution is 0.0934. The van der Waals surface area contributed by atoms with Crippen molar-refractivity contribution in [3.8, 4) is 0 Å². The van der Waals surface area contributed by atoms with Gasteiger partial charge in [-0.3, -0.25) is 4.79 Å². The Bertz CT molecular complexity index is 446. The Kier molecular flexibility index (Phi) is 4.80. The quantitative estimate of drug-likeness (QED) is 0.854. The summed E-state index contributed by atoms with van der Waals surface area (Å²) in [5, 5.41) is 6.31. The summed E-state index contributed by atoms with van der Waals surface area (Å²) in [6.45, 7) is 4.29. The van der Waals surface area contributed by atoms with Crippen molar-refractivity contribution in [1.82, 2.24) is 5.32 Å². The highest BCUT2D eigenvalue weighted by molar-refractivity contribution is 6.00. The second-order valence-electron chi connectivity index (χ2n) is 5.14. The van der Waals surface area contributed by atoms with Gasteiger partial charge in [-0.15, -0.1) is 0 Å². The van der Waals surface area contributed by atoms with Crippen LogP contribution in [0.15, 0.2) is 18.2 Å². The average Bonchev–Trinajstić information content (AvgIpc) is 2.44. The lowest BCUT2D eigenvalue weighted by Gasteiger charge is -2.21. The standard InChI is InChI=1S/C15H22N2O2/c1-11(10-19-2)9-17-15(18)13-7-3-5-12-6-4-8-16-14(12)13/h3,5,7,11,16H,4,6,8-10H2,1-2H3,(H,17,18). The Hall–Kier alpha value is -1.55. The predicted octanol–water partition coefficient (Wildman–Crippen LogP) is 2.06. The van der Waals surface area contributed by atoms with Gasteiger partial charge in [-0.25, -0.2) is 0 Å². The number of nitrogens with one attached hydrogen (secondary N) is 2. The van der Waals surface area contributed by atoms with E-state index >= 15 is 0 Å². The van der Waals surface area contributed by atoms with E-state index in [4.69, 9.17) is 4.74 Å². The smallest absolute Gasteiger partial charge is 0.253 e. The number of carbonyl (C=O) groups excluding carboxylic acids is 1. The van der Waals surface area contributed by atoms with Gasteiger partial charge in [-0.1, -0.05) is 19.1 Å². The third kappa shape index (κ3) is 3.47. The molecule has 1 aromatic carbocycles. The van der Waals surface area contributed by atoms with E-state index in [1.54, 1.807) is 7.11 Å². The maximum absolute atomic E-state index is 12.2. The number of ether oxygens (including phenoxy) is 1. The van der Waals surface area contributed by atoms with Crippen molar-refractivity contribution in [1.29, 1.82) is 0 Å². The second kappa shape index (κ2) is 6.57. The van der Waals surface area contributed by atoms with Crippen LogP contribution in [0.1, 0.15) is 29.3 Å². The van der Waals surface area contributed by atoms with Gasteiger partial charge in [0.25, 0.3) is 5.91 Å². The van der Waals surface area contributed by atoms with E-state index < -0.39 is 0 Å². The largest absolute Gasteiger partial charge is 0.384 e. The van der Waals surface area contributed by atoms with E-state index in [-0.39, 0.29) is 5.91 Å². The van der Waals surface area contributed by atoms with E-state index in [2.05, 4.69) is 23.6 Å². The summed E-state index contributed by atoms with van der Waals surface area (Å²) in [5.74, 6) is 0.315. The molecule has 1 amide bonds. The van der Waals surface area contributed by atoms with E-state index in [0.29, 0.717) is 19.1 Å². The molecule has 4 nitrogen and oxygen atoms in total. The second-order valence-corrected chi connectivity index (χ2v) is 5.14. The first-order valence-electron chi connectivity index (χ1n) is 6.85. The fourth-order valence-corrected chi connectivity index (χ4v) is 2.40. The Balaban J connectivity index is 2.03. The van der Waals surface area contributed by atoms with Gasteiger partial charge in [0.05, 0.1) is 17.9 Å². The van der Waals surface area contributed by atoms with Crippen LogP contribution in [0.5, 0.6) is 0 Å². The van der Waals surface area contributed by atoms with Crippen molar-refractivity contribution in [2.24, 2.45) is 5.92 Å². The van der Waals surface area contributed by atoms with Crippen molar-refractivity contribution in [3.63, 3.8) is 0 Å². The van der Waals surface area contributed by atoms with Crippen LogP contribution < -0.4 is 10.6 Å². The molecule has 1 unspecified atom stereocenters. The zero-order valence-electron chi connectivity index (χ0n) is 11.7. The van der Waals surface area contributed by atoms with Crippen molar-refractivity contribution < 1.29 is 9.53 Å². The lowest BCUT2D eigenvalue weighted by Crippen LogP contribution is -2.31. The molecular formula is C15H22N2O2. The molecule has 2 rings (SSSR count). The highest BCUT2D eigenvalue weighted by Crippen LogP contribution is 2.25. The molecule has 0 aliphatic carbocycles. The predicted molar refractivity (Wildman–Crippen MR) is 76.6 cm³/mol. The Morgan fingerprint density at radius 1 is 1.53 bits per heavy atom. The van der Waals surface area contributed by atoms with Gasteiger partial charge in [-0.05, 0) is 30.4 Å². The molecule has 19 heavy (non-hydrogen) atoms. The first kappa shape index (κ1) is 13.9. The molecule has 0 saturated carbocycles. The molecule has 1 atom stereocenters. The SMILES string of the molecule is COCC(C)CNC(=O)c1cccc2c1NCCC2. The number of rotatable bonds is 5. The summed E-state index contributed by atoms with van der Waals surface area (Å²) in [6, 6.07) is 5.93. The van der Waals surface area contributed by atoms with Gasteiger partial charge in [0.2, 0.25) is 0 Å². The molecule has 0 saturated heterocycles. The fourth-order valence-electron chi connectivity index (χ4n) is 2.40. The van der Waals surface area contributed by atoms with Crippen molar-refractivity contribution in [2.45, 2.75) is 19.8 Å². The number of hydrogen-bond donors (Lipinski definition) is 2. The van der Waals surface area contributed by atoms with Crippen LogP contribution in [0.3, 0.4) is 0 Å². The summed E-state index contributed by atoms with van der Waals surface area (Å²) in [5.41, 5.74) is 3.00. The van der Waals surface area contributed by atoms with E-state index in [1.807, 2.05) is 12.1 Å². The summed E-state index contributed by atoms with van der Waals surface area (Å²) in [7, 11) is 1.68. The molecule has 1 aromatic rings. The van der Waals surface area contributed by atoms with Gasteiger partial charge in [-0.2, -0.15) is 0 Å². The number of benzene rings is 1. The molecule has 1 heterocycles. The molecule has 1 aliphatic rings. The molecule has 0 radical (unpaired) electrons. The molecule has 0 aromatic heterocycles. The molecule has 1 aliphatic heterocycles. The highest BCUT2D eigenvalue weighted by atomic mass is 16.5. The number of aryl methyl sites for hydroxylation is 1. The first-order chi connectivity index (χ1) is 9.22. The summed E-state index contributed by atoms with van der Waals surface area (Å²) in [6.07, 6.45) is 2.17. The Labute approximate surface area is 114 Å². The fraction of sp³-hybridized carbons (Fsp3) is 0.533. The van der Waals surface area contributed by atoms with E-state index in [9.17, 15) is 4.79 Å². The van der Waals surface area contributed by atoms with E-state index in [0.717, 1.165) is 30.6 Å². The number of methoxy groups -OCH3 is 1. The molecule has 0 bridgehead atoms. The summed E-state index contributed by atoms with van der Waals surface area (Å²) < 4.78 is 5.07. The Morgan fingerprint density at radius 2 is 2.37 bits per heavy atom. The average molecular weight is 262 g/mol. The van der Waals surface area contributed by atoms with Gasteiger partial charge in [0.1, 0.15) is 0 Å². The number of anilines is 1. The van der Waals surface area contributed by atoms with Gasteiger partial charge >= 0.3 is 0 Å². The van der Waals surface area contributed by atoms with Crippen LogP contribution in [0.25, 0.3) is 0 Å². The van der Waals surface area contributed by atoms with Crippen LogP contribution in [-0.4, -0.2) is 32.7 Å². The van der Waals surface area contributed by atoms with Crippen molar-refractivity contribution in [3.05, 3.63) is 29.3 Å². The number of hydrogen-bond acceptors (Lipinski definition) is 3.